The minimum atomic E-state index is -0.625. The molecule has 2 atom stereocenters. The van der Waals surface area contributed by atoms with E-state index in [0.717, 1.165) is 38.7 Å². The van der Waals surface area contributed by atoms with Gasteiger partial charge in [0.1, 0.15) is 0 Å². The van der Waals surface area contributed by atoms with Crippen molar-refractivity contribution in [2.45, 2.75) is 64.1 Å². The van der Waals surface area contributed by atoms with Gasteiger partial charge in [-0.05, 0) is 45.4 Å². The zero-order valence-electron chi connectivity index (χ0n) is 11.0. The average molecular weight is 229 g/mol. The maximum absolute atomic E-state index is 10.3. The summed E-state index contributed by atoms with van der Waals surface area (Å²) < 4.78 is 5.83. The molecule has 16 heavy (non-hydrogen) atoms. The standard InChI is InChI=1S/C13H27NO2/c1-4-12(2,3)16-9-7-11-6-5-8-13(11,15)10-14/h11,15H,4-10,14H2,1-3H3. The number of ether oxygens (including phenoxy) is 1. The molecule has 0 aromatic rings. The molecule has 1 rings (SSSR count). The van der Waals surface area contributed by atoms with E-state index in [1.54, 1.807) is 0 Å². The van der Waals surface area contributed by atoms with Gasteiger partial charge in [0.25, 0.3) is 0 Å². The van der Waals surface area contributed by atoms with Crippen LogP contribution >= 0.6 is 0 Å². The Balaban J connectivity index is 2.33. The number of rotatable bonds is 6. The predicted octanol–water partition coefficient (Wildman–Crippen LogP) is 2.07. The molecule has 0 spiro atoms. The Morgan fingerprint density at radius 3 is 2.75 bits per heavy atom. The molecule has 0 aromatic heterocycles. The van der Waals surface area contributed by atoms with E-state index in [2.05, 4.69) is 20.8 Å². The van der Waals surface area contributed by atoms with E-state index < -0.39 is 5.60 Å². The molecule has 3 heteroatoms. The highest BCUT2D eigenvalue weighted by Gasteiger charge is 2.39. The molecule has 1 fully saturated rings. The maximum atomic E-state index is 10.3. The van der Waals surface area contributed by atoms with Crippen molar-refractivity contribution >= 4 is 0 Å². The fourth-order valence-electron chi connectivity index (χ4n) is 2.39. The molecular weight excluding hydrogens is 202 g/mol. The minimum absolute atomic E-state index is 0.0422. The summed E-state index contributed by atoms with van der Waals surface area (Å²) in [5, 5.41) is 10.3. The van der Waals surface area contributed by atoms with E-state index in [9.17, 15) is 5.11 Å². The van der Waals surface area contributed by atoms with Crippen molar-refractivity contribution in [1.29, 1.82) is 0 Å². The Hall–Kier alpha value is -0.120. The zero-order chi connectivity index (χ0) is 12.2. The number of aliphatic hydroxyl groups is 1. The third-order valence-electron chi connectivity index (χ3n) is 4.09. The van der Waals surface area contributed by atoms with Gasteiger partial charge >= 0.3 is 0 Å². The normalized spacial score (nSPS) is 30.9. The van der Waals surface area contributed by atoms with Gasteiger partial charge in [0.2, 0.25) is 0 Å². The summed E-state index contributed by atoms with van der Waals surface area (Å²) in [5.74, 6) is 0.324. The monoisotopic (exact) mass is 229 g/mol. The van der Waals surface area contributed by atoms with Crippen molar-refractivity contribution in [3.8, 4) is 0 Å². The number of hydrogen-bond donors (Lipinski definition) is 2. The molecule has 3 nitrogen and oxygen atoms in total. The van der Waals surface area contributed by atoms with Gasteiger partial charge in [-0.25, -0.2) is 0 Å². The molecule has 0 saturated heterocycles. The van der Waals surface area contributed by atoms with E-state index in [0.29, 0.717) is 12.5 Å². The molecule has 1 saturated carbocycles. The largest absolute Gasteiger partial charge is 0.388 e. The fraction of sp³-hybridized carbons (Fsp3) is 1.00. The maximum Gasteiger partial charge on any atom is 0.0798 e. The lowest BCUT2D eigenvalue weighted by Crippen LogP contribution is -2.41. The third-order valence-corrected chi connectivity index (χ3v) is 4.09. The van der Waals surface area contributed by atoms with Gasteiger partial charge in [-0.3, -0.25) is 0 Å². The Kier molecular flexibility index (Phi) is 4.77. The quantitative estimate of drug-likeness (QED) is 0.733. The van der Waals surface area contributed by atoms with Crippen LogP contribution in [0.25, 0.3) is 0 Å². The van der Waals surface area contributed by atoms with Crippen molar-refractivity contribution in [2.75, 3.05) is 13.2 Å². The second-order valence-electron chi connectivity index (χ2n) is 5.65. The first kappa shape index (κ1) is 13.9. The summed E-state index contributed by atoms with van der Waals surface area (Å²) in [5.41, 5.74) is 4.98. The van der Waals surface area contributed by atoms with E-state index >= 15 is 0 Å². The predicted molar refractivity (Wildman–Crippen MR) is 66.3 cm³/mol. The molecule has 0 aromatic carbocycles. The van der Waals surface area contributed by atoms with Gasteiger partial charge in [0, 0.05) is 13.2 Å². The zero-order valence-corrected chi connectivity index (χ0v) is 11.0. The van der Waals surface area contributed by atoms with Crippen LogP contribution in [0, 0.1) is 5.92 Å². The summed E-state index contributed by atoms with van der Waals surface area (Å²) in [6.45, 7) is 7.46. The van der Waals surface area contributed by atoms with Gasteiger partial charge in [0.05, 0.1) is 11.2 Å². The second kappa shape index (κ2) is 5.48. The van der Waals surface area contributed by atoms with Crippen LogP contribution in [0.4, 0.5) is 0 Å². The van der Waals surface area contributed by atoms with Crippen molar-refractivity contribution in [1.82, 2.24) is 0 Å². The van der Waals surface area contributed by atoms with Crippen LogP contribution in [0.1, 0.15) is 52.9 Å². The van der Waals surface area contributed by atoms with Crippen LogP contribution in [0.2, 0.25) is 0 Å². The van der Waals surface area contributed by atoms with Gasteiger partial charge in [-0.1, -0.05) is 13.3 Å². The van der Waals surface area contributed by atoms with E-state index in [1.807, 2.05) is 0 Å². The number of hydrogen-bond acceptors (Lipinski definition) is 3. The van der Waals surface area contributed by atoms with Gasteiger partial charge in [-0.15, -0.1) is 0 Å². The molecular formula is C13H27NO2. The Labute approximate surface area is 99.4 Å². The highest BCUT2D eigenvalue weighted by molar-refractivity contribution is 4.92. The highest BCUT2D eigenvalue weighted by atomic mass is 16.5. The van der Waals surface area contributed by atoms with Gasteiger partial charge in [-0.2, -0.15) is 0 Å². The van der Waals surface area contributed by atoms with Crippen LogP contribution in [-0.2, 0) is 4.74 Å². The summed E-state index contributed by atoms with van der Waals surface area (Å²) in [6.07, 6.45) is 4.97. The van der Waals surface area contributed by atoms with Gasteiger partial charge in [0.15, 0.2) is 0 Å². The van der Waals surface area contributed by atoms with E-state index in [4.69, 9.17) is 10.5 Å². The smallest absolute Gasteiger partial charge is 0.0798 e. The summed E-state index contributed by atoms with van der Waals surface area (Å²) in [4.78, 5) is 0. The molecule has 0 radical (unpaired) electrons. The Bertz CT molecular complexity index is 218. The molecule has 1 aliphatic rings. The molecule has 0 aliphatic heterocycles. The van der Waals surface area contributed by atoms with Crippen LogP contribution in [0.3, 0.4) is 0 Å². The first-order chi connectivity index (χ1) is 7.43. The molecule has 3 N–H and O–H groups in total. The minimum Gasteiger partial charge on any atom is -0.388 e. The second-order valence-corrected chi connectivity index (χ2v) is 5.65. The van der Waals surface area contributed by atoms with Crippen molar-refractivity contribution < 1.29 is 9.84 Å². The van der Waals surface area contributed by atoms with Crippen molar-refractivity contribution in [2.24, 2.45) is 11.7 Å². The molecule has 1 aliphatic carbocycles. The van der Waals surface area contributed by atoms with Crippen LogP contribution < -0.4 is 5.73 Å². The number of nitrogens with two attached hydrogens (primary N) is 1. The topological polar surface area (TPSA) is 55.5 Å². The lowest BCUT2D eigenvalue weighted by atomic mass is 9.88. The molecule has 0 bridgehead atoms. The van der Waals surface area contributed by atoms with Crippen molar-refractivity contribution in [3.63, 3.8) is 0 Å². The summed E-state index contributed by atoms with van der Waals surface area (Å²) in [6, 6.07) is 0. The van der Waals surface area contributed by atoms with Crippen molar-refractivity contribution in [3.05, 3.63) is 0 Å². The van der Waals surface area contributed by atoms with Crippen LogP contribution in [0.5, 0.6) is 0 Å². The Morgan fingerprint density at radius 2 is 2.19 bits per heavy atom. The summed E-state index contributed by atoms with van der Waals surface area (Å²) >= 11 is 0. The first-order valence-electron chi connectivity index (χ1n) is 6.50. The lowest BCUT2D eigenvalue weighted by Gasteiger charge is -2.30. The SMILES string of the molecule is CCC(C)(C)OCCC1CCCC1(O)CN. The van der Waals surface area contributed by atoms with Gasteiger partial charge < -0.3 is 15.6 Å². The average Bonchev–Trinajstić information content (AvgIpc) is 2.61. The third kappa shape index (κ3) is 3.44. The lowest BCUT2D eigenvalue weighted by molar-refractivity contribution is -0.0471. The van der Waals surface area contributed by atoms with E-state index in [1.165, 1.54) is 0 Å². The Morgan fingerprint density at radius 1 is 1.50 bits per heavy atom. The summed E-state index contributed by atoms with van der Waals surface area (Å²) in [7, 11) is 0. The van der Waals surface area contributed by atoms with Crippen LogP contribution in [-0.4, -0.2) is 29.5 Å². The molecule has 0 heterocycles. The molecule has 0 amide bonds. The molecule has 96 valence electrons. The fourth-order valence-corrected chi connectivity index (χ4v) is 2.39. The highest BCUT2D eigenvalue weighted by Crippen LogP contribution is 2.37. The first-order valence-corrected chi connectivity index (χ1v) is 6.50. The van der Waals surface area contributed by atoms with Crippen LogP contribution in [0.15, 0.2) is 0 Å². The van der Waals surface area contributed by atoms with E-state index in [-0.39, 0.29) is 5.60 Å². The molecule has 2 unspecified atom stereocenters.